The molecule has 0 heterocycles. The first-order valence-electron chi connectivity index (χ1n) is 11.3. The van der Waals surface area contributed by atoms with E-state index in [4.69, 9.17) is 4.74 Å². The van der Waals surface area contributed by atoms with Gasteiger partial charge in [-0.05, 0) is 12.8 Å². The third-order valence-electron chi connectivity index (χ3n) is 4.92. The van der Waals surface area contributed by atoms with Gasteiger partial charge in [0.2, 0.25) is 6.10 Å². The molecule has 1 aromatic rings. The number of unbranched alkanes of at least 4 members (excludes halogenated alkanes) is 8. The van der Waals surface area contributed by atoms with Gasteiger partial charge in [0, 0.05) is 18.4 Å². The molecule has 1 unspecified atom stereocenters. The molecule has 0 amide bonds. The van der Waals surface area contributed by atoms with Gasteiger partial charge in [0.15, 0.2) is 0 Å². The van der Waals surface area contributed by atoms with Crippen LogP contribution in [0.4, 0.5) is 13.2 Å². The highest BCUT2D eigenvalue weighted by molar-refractivity contribution is 5.72. The standard InChI is InChI=1S/C24H35F3O4/c1-2-3-4-5-6-7-8-9-13-19-30-21(28)17-14-18-22(29)31-23(24(25,26)27)20-15-11-10-12-16-20/h10-12,15-16,23H,2-9,13-14,17-19H2,1H3. The van der Waals surface area contributed by atoms with Crippen molar-refractivity contribution >= 4 is 11.9 Å². The van der Waals surface area contributed by atoms with Gasteiger partial charge in [-0.1, -0.05) is 88.6 Å². The van der Waals surface area contributed by atoms with Crippen LogP contribution in [-0.4, -0.2) is 24.7 Å². The predicted octanol–water partition coefficient (Wildman–Crippen LogP) is 7.08. The second-order valence-corrected chi connectivity index (χ2v) is 7.72. The van der Waals surface area contributed by atoms with E-state index in [1.54, 1.807) is 6.07 Å². The largest absolute Gasteiger partial charge is 0.466 e. The molecule has 0 saturated carbocycles. The van der Waals surface area contributed by atoms with Crippen LogP contribution in [0.3, 0.4) is 0 Å². The van der Waals surface area contributed by atoms with Crippen LogP contribution in [0.2, 0.25) is 0 Å². The minimum absolute atomic E-state index is 0.0193. The third kappa shape index (κ3) is 13.1. The van der Waals surface area contributed by atoms with Crippen molar-refractivity contribution < 1.29 is 32.2 Å². The van der Waals surface area contributed by atoms with Crippen LogP contribution in [0.15, 0.2) is 30.3 Å². The lowest BCUT2D eigenvalue weighted by atomic mass is 10.1. The summed E-state index contributed by atoms with van der Waals surface area (Å²) >= 11 is 0. The average molecular weight is 445 g/mol. The number of alkyl halides is 3. The smallest absolute Gasteiger partial charge is 0.429 e. The minimum atomic E-state index is -4.70. The molecule has 31 heavy (non-hydrogen) atoms. The molecule has 1 rings (SSSR count). The van der Waals surface area contributed by atoms with Crippen LogP contribution in [0.25, 0.3) is 0 Å². The molecule has 0 saturated heterocycles. The van der Waals surface area contributed by atoms with E-state index in [1.807, 2.05) is 0 Å². The summed E-state index contributed by atoms with van der Waals surface area (Å²) in [5.74, 6) is -1.43. The topological polar surface area (TPSA) is 52.6 Å². The maximum atomic E-state index is 13.2. The summed E-state index contributed by atoms with van der Waals surface area (Å²) in [6, 6.07) is 7.00. The second-order valence-electron chi connectivity index (χ2n) is 7.72. The molecule has 4 nitrogen and oxygen atoms in total. The number of carbonyl (C=O) groups is 2. The third-order valence-corrected chi connectivity index (χ3v) is 4.92. The normalized spacial score (nSPS) is 12.4. The Labute approximate surface area is 183 Å². The van der Waals surface area contributed by atoms with Crippen LogP contribution in [0, 0.1) is 0 Å². The molecule has 0 N–H and O–H groups in total. The first-order chi connectivity index (χ1) is 14.8. The monoisotopic (exact) mass is 444 g/mol. The van der Waals surface area contributed by atoms with Crippen LogP contribution in [0.1, 0.15) is 95.6 Å². The highest BCUT2D eigenvalue weighted by Crippen LogP contribution is 2.36. The molecule has 0 aliphatic carbocycles. The molecule has 1 aromatic carbocycles. The number of hydrogen-bond acceptors (Lipinski definition) is 4. The number of hydrogen-bond donors (Lipinski definition) is 0. The van der Waals surface area contributed by atoms with E-state index in [0.717, 1.165) is 19.3 Å². The van der Waals surface area contributed by atoms with Crippen LogP contribution in [-0.2, 0) is 19.1 Å². The average Bonchev–Trinajstić information content (AvgIpc) is 2.73. The molecule has 176 valence electrons. The van der Waals surface area contributed by atoms with Crippen LogP contribution < -0.4 is 0 Å². The molecule has 0 spiro atoms. The number of rotatable bonds is 16. The fraction of sp³-hybridized carbons (Fsp3) is 0.667. The van der Waals surface area contributed by atoms with E-state index < -0.39 is 24.2 Å². The quantitative estimate of drug-likeness (QED) is 0.202. The molecular weight excluding hydrogens is 409 g/mol. The Morgan fingerprint density at radius 2 is 1.35 bits per heavy atom. The number of halogens is 3. The second kappa shape index (κ2) is 15.7. The van der Waals surface area contributed by atoms with E-state index in [9.17, 15) is 22.8 Å². The van der Waals surface area contributed by atoms with Gasteiger partial charge in [0.1, 0.15) is 0 Å². The molecule has 0 bridgehead atoms. The van der Waals surface area contributed by atoms with Gasteiger partial charge in [-0.3, -0.25) is 9.59 Å². The van der Waals surface area contributed by atoms with Crippen molar-refractivity contribution in [1.29, 1.82) is 0 Å². The lowest BCUT2D eigenvalue weighted by Gasteiger charge is -2.21. The Kier molecular flexibility index (Phi) is 13.7. The number of esters is 2. The van der Waals surface area contributed by atoms with E-state index in [-0.39, 0.29) is 24.8 Å². The highest BCUT2D eigenvalue weighted by atomic mass is 19.4. The van der Waals surface area contributed by atoms with Gasteiger partial charge >= 0.3 is 18.1 Å². The summed E-state index contributed by atoms with van der Waals surface area (Å²) in [6.45, 7) is 2.53. The van der Waals surface area contributed by atoms with Crippen molar-refractivity contribution in [3.8, 4) is 0 Å². The zero-order valence-corrected chi connectivity index (χ0v) is 18.4. The summed E-state index contributed by atoms with van der Waals surface area (Å²) in [4.78, 5) is 23.5. The molecule has 0 aliphatic rings. The molecule has 1 atom stereocenters. The van der Waals surface area contributed by atoms with Gasteiger partial charge in [0.05, 0.1) is 6.61 Å². The Bertz CT molecular complexity index is 617. The summed E-state index contributed by atoms with van der Waals surface area (Å²) in [6.07, 6.45) is 3.28. The SMILES string of the molecule is CCCCCCCCCCCOC(=O)CCCC(=O)OC(c1ccccc1)C(F)(F)F. The lowest BCUT2D eigenvalue weighted by molar-refractivity contribution is -0.224. The lowest BCUT2D eigenvalue weighted by Crippen LogP contribution is -2.26. The summed E-state index contributed by atoms with van der Waals surface area (Å²) in [5.41, 5.74) is -0.135. The van der Waals surface area contributed by atoms with Crippen molar-refractivity contribution in [2.75, 3.05) is 6.61 Å². The van der Waals surface area contributed by atoms with E-state index in [2.05, 4.69) is 11.7 Å². The Balaban J connectivity index is 2.13. The Hall–Kier alpha value is -2.05. The first kappa shape index (κ1) is 27.0. The molecule has 0 fully saturated rings. The van der Waals surface area contributed by atoms with Crippen molar-refractivity contribution in [3.63, 3.8) is 0 Å². The fourth-order valence-electron chi connectivity index (χ4n) is 3.19. The van der Waals surface area contributed by atoms with Crippen LogP contribution in [0.5, 0.6) is 0 Å². The molecule has 7 heteroatoms. The zero-order valence-electron chi connectivity index (χ0n) is 18.4. The first-order valence-corrected chi connectivity index (χ1v) is 11.3. The van der Waals surface area contributed by atoms with Gasteiger partial charge < -0.3 is 9.47 Å². The number of ether oxygens (including phenoxy) is 2. The summed E-state index contributed by atoms with van der Waals surface area (Å²) in [5, 5.41) is 0. The summed E-state index contributed by atoms with van der Waals surface area (Å²) in [7, 11) is 0. The Morgan fingerprint density at radius 1 is 0.806 bits per heavy atom. The van der Waals surface area contributed by atoms with E-state index in [1.165, 1.54) is 62.8 Å². The molecule has 0 aliphatic heterocycles. The fourth-order valence-corrected chi connectivity index (χ4v) is 3.19. The van der Waals surface area contributed by atoms with Crippen molar-refractivity contribution in [3.05, 3.63) is 35.9 Å². The molecular formula is C24H35F3O4. The number of carbonyl (C=O) groups excluding carboxylic acids is 2. The van der Waals surface area contributed by atoms with Gasteiger partial charge in [-0.15, -0.1) is 0 Å². The van der Waals surface area contributed by atoms with Gasteiger partial charge in [0.25, 0.3) is 0 Å². The predicted molar refractivity (Wildman–Crippen MR) is 113 cm³/mol. The maximum absolute atomic E-state index is 13.2. The van der Waals surface area contributed by atoms with Crippen molar-refractivity contribution in [1.82, 2.24) is 0 Å². The minimum Gasteiger partial charge on any atom is -0.466 e. The maximum Gasteiger partial charge on any atom is 0.429 e. The van der Waals surface area contributed by atoms with E-state index >= 15 is 0 Å². The summed E-state index contributed by atoms with van der Waals surface area (Å²) < 4.78 is 49.3. The van der Waals surface area contributed by atoms with Crippen molar-refractivity contribution in [2.45, 2.75) is 96.3 Å². The van der Waals surface area contributed by atoms with Gasteiger partial charge in [-0.2, -0.15) is 13.2 Å². The van der Waals surface area contributed by atoms with Crippen molar-refractivity contribution in [2.24, 2.45) is 0 Å². The van der Waals surface area contributed by atoms with Gasteiger partial charge in [-0.25, -0.2) is 0 Å². The number of benzene rings is 1. The molecule has 0 aromatic heterocycles. The molecule has 0 radical (unpaired) electrons. The Morgan fingerprint density at radius 3 is 1.94 bits per heavy atom. The van der Waals surface area contributed by atoms with Crippen LogP contribution >= 0.6 is 0 Å². The zero-order chi connectivity index (χ0) is 23.0. The van der Waals surface area contributed by atoms with E-state index in [0.29, 0.717) is 6.61 Å². The highest BCUT2D eigenvalue weighted by Gasteiger charge is 2.43.